The van der Waals surface area contributed by atoms with Crippen molar-refractivity contribution in [1.82, 2.24) is 19.6 Å². The van der Waals surface area contributed by atoms with E-state index in [0.29, 0.717) is 22.4 Å². The van der Waals surface area contributed by atoms with E-state index in [2.05, 4.69) is 15.1 Å². The highest BCUT2D eigenvalue weighted by molar-refractivity contribution is 5.96. The minimum atomic E-state index is -0.202. The monoisotopic (exact) mass is 328 g/mol. The van der Waals surface area contributed by atoms with Crippen molar-refractivity contribution in [3.8, 4) is 11.8 Å². The van der Waals surface area contributed by atoms with E-state index in [4.69, 9.17) is 4.74 Å². The Labute approximate surface area is 141 Å². The molecule has 0 saturated heterocycles. The summed E-state index contributed by atoms with van der Waals surface area (Å²) in [6.07, 6.45) is 0. The van der Waals surface area contributed by atoms with Crippen molar-refractivity contribution >= 4 is 27.5 Å². The molecule has 2 heterocycles. The van der Waals surface area contributed by atoms with Gasteiger partial charge in [-0.3, -0.25) is 9.78 Å². The summed E-state index contributed by atoms with van der Waals surface area (Å²) in [4.78, 5) is 19.5. The quantitative estimate of drug-likeness (QED) is 0.503. The second kappa shape index (κ2) is 5.17. The number of nitrogens with zero attached hydrogens (tertiary/aromatic N) is 3. The smallest absolute Gasteiger partial charge is 0.343 e. The molecular formula is C19H12N4O2. The Morgan fingerprint density at radius 3 is 2.44 bits per heavy atom. The molecule has 0 radical (unpaired) electrons. The Morgan fingerprint density at radius 1 is 0.920 bits per heavy atom. The molecule has 2 aromatic heterocycles. The van der Waals surface area contributed by atoms with Crippen LogP contribution in [0.1, 0.15) is 0 Å². The predicted octanol–water partition coefficient (Wildman–Crippen LogP) is 3.52. The van der Waals surface area contributed by atoms with Crippen molar-refractivity contribution in [2.75, 3.05) is 0 Å². The second-order valence-corrected chi connectivity index (χ2v) is 5.72. The van der Waals surface area contributed by atoms with Crippen molar-refractivity contribution < 1.29 is 4.74 Å². The van der Waals surface area contributed by atoms with E-state index in [9.17, 15) is 4.79 Å². The summed E-state index contributed by atoms with van der Waals surface area (Å²) in [5, 5.41) is 6.99. The summed E-state index contributed by atoms with van der Waals surface area (Å²) < 4.78 is 7.27. The van der Waals surface area contributed by atoms with Crippen LogP contribution in [0.5, 0.6) is 11.8 Å². The molecule has 0 amide bonds. The lowest BCUT2D eigenvalue weighted by Crippen LogP contribution is -2.10. The molecule has 5 rings (SSSR count). The molecule has 0 bridgehead atoms. The summed E-state index contributed by atoms with van der Waals surface area (Å²) >= 11 is 0. The molecule has 0 fully saturated rings. The van der Waals surface area contributed by atoms with Crippen molar-refractivity contribution in [2.45, 2.75) is 0 Å². The first kappa shape index (κ1) is 13.7. The van der Waals surface area contributed by atoms with Gasteiger partial charge < -0.3 is 4.74 Å². The zero-order valence-electron chi connectivity index (χ0n) is 13.0. The lowest BCUT2D eigenvalue weighted by atomic mass is 10.1. The zero-order valence-corrected chi connectivity index (χ0v) is 13.0. The van der Waals surface area contributed by atoms with E-state index in [-0.39, 0.29) is 11.6 Å². The van der Waals surface area contributed by atoms with Crippen LogP contribution in [0.2, 0.25) is 0 Å². The first-order valence-electron chi connectivity index (χ1n) is 7.82. The lowest BCUT2D eigenvalue weighted by Gasteiger charge is -2.03. The van der Waals surface area contributed by atoms with E-state index in [1.54, 1.807) is 4.52 Å². The van der Waals surface area contributed by atoms with Crippen LogP contribution >= 0.6 is 0 Å². The van der Waals surface area contributed by atoms with Gasteiger partial charge in [0.2, 0.25) is 5.78 Å². The highest BCUT2D eigenvalue weighted by atomic mass is 16.5. The van der Waals surface area contributed by atoms with Gasteiger partial charge in [0.1, 0.15) is 5.75 Å². The number of rotatable bonds is 2. The van der Waals surface area contributed by atoms with E-state index in [1.807, 2.05) is 66.7 Å². The molecule has 1 N–H and O–H groups in total. The molecule has 6 nitrogen and oxygen atoms in total. The van der Waals surface area contributed by atoms with Crippen LogP contribution in [0.15, 0.2) is 71.5 Å². The van der Waals surface area contributed by atoms with Gasteiger partial charge in [0, 0.05) is 0 Å². The minimum absolute atomic E-state index is 0.183. The number of nitrogens with one attached hydrogen (secondary N) is 1. The van der Waals surface area contributed by atoms with Crippen LogP contribution in [0, 0.1) is 0 Å². The van der Waals surface area contributed by atoms with Crippen LogP contribution < -0.4 is 10.3 Å². The molecule has 25 heavy (non-hydrogen) atoms. The molecule has 0 unspecified atom stereocenters. The Morgan fingerprint density at radius 2 is 1.64 bits per heavy atom. The van der Waals surface area contributed by atoms with Crippen molar-refractivity contribution in [1.29, 1.82) is 0 Å². The summed E-state index contributed by atoms with van der Waals surface area (Å²) in [5.41, 5.74) is 0.486. The van der Waals surface area contributed by atoms with E-state index < -0.39 is 0 Å². The van der Waals surface area contributed by atoms with Crippen LogP contribution in [0.4, 0.5) is 0 Å². The third kappa shape index (κ3) is 2.23. The zero-order chi connectivity index (χ0) is 16.8. The van der Waals surface area contributed by atoms with Gasteiger partial charge in [0.15, 0.2) is 0 Å². The van der Waals surface area contributed by atoms with Gasteiger partial charge in [-0.15, -0.1) is 5.10 Å². The molecule has 120 valence electrons. The van der Waals surface area contributed by atoms with Gasteiger partial charge >= 0.3 is 6.01 Å². The van der Waals surface area contributed by atoms with Gasteiger partial charge in [-0.25, -0.2) is 0 Å². The number of hydrogen-bond acceptors (Lipinski definition) is 4. The lowest BCUT2D eigenvalue weighted by molar-refractivity contribution is 0.443. The van der Waals surface area contributed by atoms with Crippen molar-refractivity contribution in [2.24, 2.45) is 0 Å². The number of H-pyrrole nitrogens is 1. The largest absolute Gasteiger partial charge is 0.423 e. The molecule has 6 heteroatoms. The molecule has 0 atom stereocenters. The second-order valence-electron chi connectivity index (χ2n) is 5.72. The number of hydrogen-bond donors (Lipinski definition) is 1. The number of fused-ring (bicyclic) bond motifs is 4. The number of ether oxygens (including phenoxy) is 1. The SMILES string of the molecule is O=c1[nH]c2nc(Oc3ccccc3)nn2c2cc3ccccc3cc12. The Hall–Kier alpha value is -3.67. The highest BCUT2D eigenvalue weighted by Gasteiger charge is 2.12. The molecule has 5 aromatic rings. The number of aromatic nitrogens is 4. The Bertz CT molecular complexity index is 1290. The number of para-hydroxylation sites is 1. The Kier molecular flexibility index (Phi) is 2.84. The summed E-state index contributed by atoms with van der Waals surface area (Å²) in [6.45, 7) is 0. The fraction of sp³-hybridized carbons (Fsp3) is 0. The standard InChI is InChI=1S/C19H12N4O2/c24-17-15-10-12-6-4-5-7-13(12)11-16(15)23-18(20-17)21-19(22-23)25-14-8-2-1-3-9-14/h1-11H,(H,20,21,22,24). The van der Waals surface area contributed by atoms with Crippen molar-refractivity contribution in [3.05, 3.63) is 77.1 Å². The highest BCUT2D eigenvalue weighted by Crippen LogP contribution is 2.22. The average Bonchev–Trinajstić information content (AvgIpc) is 3.04. The first-order valence-corrected chi connectivity index (χ1v) is 7.82. The van der Waals surface area contributed by atoms with E-state index in [0.717, 1.165) is 10.8 Å². The molecule has 0 aliphatic rings. The van der Waals surface area contributed by atoms with Crippen LogP contribution in [0.25, 0.3) is 27.5 Å². The third-order valence-electron chi connectivity index (χ3n) is 4.10. The van der Waals surface area contributed by atoms with Crippen LogP contribution in [-0.4, -0.2) is 19.6 Å². The van der Waals surface area contributed by atoms with Gasteiger partial charge in [0.25, 0.3) is 5.56 Å². The average molecular weight is 328 g/mol. The van der Waals surface area contributed by atoms with E-state index >= 15 is 0 Å². The molecule has 0 aliphatic carbocycles. The van der Waals surface area contributed by atoms with Crippen LogP contribution in [-0.2, 0) is 0 Å². The molecule has 0 aliphatic heterocycles. The predicted molar refractivity (Wildman–Crippen MR) is 95.1 cm³/mol. The Balaban J connectivity index is 1.76. The van der Waals surface area contributed by atoms with Crippen molar-refractivity contribution in [3.63, 3.8) is 0 Å². The molecule has 3 aromatic carbocycles. The normalized spacial score (nSPS) is 11.4. The fourth-order valence-corrected chi connectivity index (χ4v) is 2.93. The van der Waals surface area contributed by atoms with E-state index in [1.165, 1.54) is 0 Å². The maximum atomic E-state index is 12.4. The third-order valence-corrected chi connectivity index (χ3v) is 4.10. The molecular weight excluding hydrogens is 316 g/mol. The van der Waals surface area contributed by atoms with Gasteiger partial charge in [-0.05, 0) is 35.0 Å². The maximum Gasteiger partial charge on any atom is 0.343 e. The summed E-state index contributed by atoms with van der Waals surface area (Å²) in [6, 6.07) is 21.2. The molecule has 0 spiro atoms. The number of aromatic amines is 1. The number of benzene rings is 3. The molecule has 0 saturated carbocycles. The van der Waals surface area contributed by atoms with Gasteiger partial charge in [-0.1, -0.05) is 42.5 Å². The minimum Gasteiger partial charge on any atom is -0.423 e. The van der Waals surface area contributed by atoms with Gasteiger partial charge in [0.05, 0.1) is 10.9 Å². The summed E-state index contributed by atoms with van der Waals surface area (Å²) in [7, 11) is 0. The fourth-order valence-electron chi connectivity index (χ4n) is 2.93. The first-order chi connectivity index (χ1) is 12.3. The van der Waals surface area contributed by atoms with Gasteiger partial charge in [-0.2, -0.15) is 9.50 Å². The maximum absolute atomic E-state index is 12.4. The van der Waals surface area contributed by atoms with Crippen LogP contribution in [0.3, 0.4) is 0 Å². The summed E-state index contributed by atoms with van der Waals surface area (Å²) in [5.74, 6) is 0.981. The topological polar surface area (TPSA) is 72.3 Å².